The fraction of sp³-hybridized carbons (Fsp3) is 0.229. The SMILES string of the molecule is CC.CCn1cnnc1Cn1c(Cc2ccc(-c3cccc(OCc4ccc(C)cc4F)n3)cc2F)nc2ccc(C(=O)O)cc21. The van der Waals surface area contributed by atoms with E-state index in [1.54, 1.807) is 54.9 Å². The van der Waals surface area contributed by atoms with E-state index in [1.807, 2.05) is 42.9 Å². The van der Waals surface area contributed by atoms with Crippen molar-refractivity contribution in [2.75, 3.05) is 0 Å². The van der Waals surface area contributed by atoms with Crippen molar-refractivity contribution in [1.82, 2.24) is 29.3 Å². The van der Waals surface area contributed by atoms with E-state index in [1.165, 1.54) is 18.2 Å². The number of fused-ring (bicyclic) bond motifs is 1. The molecule has 1 N–H and O–H groups in total. The van der Waals surface area contributed by atoms with Crippen LogP contribution in [0.5, 0.6) is 5.88 Å². The lowest BCUT2D eigenvalue weighted by molar-refractivity contribution is 0.0697. The summed E-state index contributed by atoms with van der Waals surface area (Å²) in [5, 5.41) is 17.8. The van der Waals surface area contributed by atoms with Crippen molar-refractivity contribution >= 4 is 17.0 Å². The first kappa shape index (κ1) is 32.0. The van der Waals surface area contributed by atoms with Crippen LogP contribution in [0.3, 0.4) is 0 Å². The molecule has 0 radical (unpaired) electrons. The molecule has 6 rings (SSSR count). The second-order valence-electron chi connectivity index (χ2n) is 10.4. The summed E-state index contributed by atoms with van der Waals surface area (Å²) in [7, 11) is 0. The first-order valence-electron chi connectivity index (χ1n) is 15.0. The molecule has 0 bridgehead atoms. The van der Waals surface area contributed by atoms with Crippen LogP contribution in [0.2, 0.25) is 0 Å². The largest absolute Gasteiger partial charge is 0.478 e. The molecule has 0 aliphatic carbocycles. The zero-order valence-electron chi connectivity index (χ0n) is 26.0. The third-order valence-electron chi connectivity index (χ3n) is 7.42. The highest BCUT2D eigenvalue weighted by Gasteiger charge is 2.18. The van der Waals surface area contributed by atoms with Crippen molar-refractivity contribution in [2.45, 2.75) is 53.8 Å². The smallest absolute Gasteiger partial charge is 0.335 e. The van der Waals surface area contributed by atoms with Gasteiger partial charge in [-0.2, -0.15) is 0 Å². The van der Waals surface area contributed by atoms with E-state index < -0.39 is 11.8 Å². The molecular weight excluding hydrogens is 590 g/mol. The van der Waals surface area contributed by atoms with Gasteiger partial charge in [-0.3, -0.25) is 0 Å². The summed E-state index contributed by atoms with van der Waals surface area (Å²) in [6, 6.07) is 19.7. The van der Waals surface area contributed by atoms with Gasteiger partial charge in [0.2, 0.25) is 5.88 Å². The number of aromatic carboxylic acids is 1. The van der Waals surface area contributed by atoms with Crippen LogP contribution in [0.1, 0.15) is 59.5 Å². The van der Waals surface area contributed by atoms with Gasteiger partial charge in [-0.1, -0.05) is 44.2 Å². The van der Waals surface area contributed by atoms with Gasteiger partial charge in [-0.15, -0.1) is 10.2 Å². The maximum atomic E-state index is 15.6. The normalized spacial score (nSPS) is 10.9. The number of halogens is 2. The molecule has 11 heteroatoms. The third kappa shape index (κ3) is 6.93. The summed E-state index contributed by atoms with van der Waals surface area (Å²) in [5.41, 5.74) is 4.02. The molecule has 9 nitrogen and oxygen atoms in total. The zero-order valence-corrected chi connectivity index (χ0v) is 26.0. The van der Waals surface area contributed by atoms with Crippen molar-refractivity contribution in [3.63, 3.8) is 0 Å². The maximum Gasteiger partial charge on any atom is 0.335 e. The Kier molecular flexibility index (Phi) is 9.80. The Morgan fingerprint density at radius 1 is 0.913 bits per heavy atom. The van der Waals surface area contributed by atoms with E-state index in [0.717, 1.165) is 5.56 Å². The van der Waals surface area contributed by atoms with E-state index in [4.69, 9.17) is 9.72 Å². The molecule has 3 aromatic heterocycles. The molecule has 0 unspecified atom stereocenters. The van der Waals surface area contributed by atoms with Gasteiger partial charge in [0.15, 0.2) is 5.82 Å². The molecule has 0 atom stereocenters. The standard InChI is InChI=1S/C33H28F2N6O3.C2H6/c1-3-40-19-36-39-31(40)17-41-29-15-23(33(42)43)11-12-28(29)37-30(41)16-21-9-10-22(14-26(21)35)27-5-4-6-32(38-27)44-18-24-8-7-20(2)13-25(24)34;1-2/h4-15,19H,3,16-18H2,1-2H3,(H,42,43);1-2H3. The monoisotopic (exact) mass is 624 g/mol. The molecule has 0 saturated carbocycles. The van der Waals surface area contributed by atoms with Gasteiger partial charge < -0.3 is 19.0 Å². The fourth-order valence-electron chi connectivity index (χ4n) is 5.02. The van der Waals surface area contributed by atoms with Gasteiger partial charge >= 0.3 is 5.97 Å². The molecule has 0 aliphatic rings. The molecule has 0 spiro atoms. The van der Waals surface area contributed by atoms with Crippen LogP contribution < -0.4 is 4.74 Å². The number of benzene rings is 3. The van der Waals surface area contributed by atoms with Crippen LogP contribution >= 0.6 is 0 Å². The molecule has 236 valence electrons. The average molecular weight is 625 g/mol. The number of aromatic nitrogens is 6. The van der Waals surface area contributed by atoms with Gasteiger partial charge in [0.1, 0.15) is 30.4 Å². The number of pyridine rings is 1. The second kappa shape index (κ2) is 14.1. The Balaban J connectivity index is 0.00000204. The van der Waals surface area contributed by atoms with Crippen molar-refractivity contribution < 1.29 is 23.4 Å². The van der Waals surface area contributed by atoms with E-state index in [0.29, 0.717) is 57.5 Å². The maximum absolute atomic E-state index is 15.6. The van der Waals surface area contributed by atoms with Crippen LogP contribution in [0, 0.1) is 18.6 Å². The molecule has 3 aromatic carbocycles. The van der Waals surface area contributed by atoms with Crippen LogP contribution in [-0.4, -0.2) is 40.4 Å². The van der Waals surface area contributed by atoms with Crippen LogP contribution in [0.4, 0.5) is 8.78 Å². The predicted octanol–water partition coefficient (Wildman–Crippen LogP) is 7.24. The minimum Gasteiger partial charge on any atom is -0.478 e. The number of aryl methyl sites for hydroxylation is 2. The lowest BCUT2D eigenvalue weighted by Gasteiger charge is -2.12. The number of carboxylic acids is 1. The Morgan fingerprint density at radius 2 is 1.70 bits per heavy atom. The summed E-state index contributed by atoms with van der Waals surface area (Å²) in [5.74, 6) is -0.327. The molecule has 0 amide bonds. The van der Waals surface area contributed by atoms with E-state index in [9.17, 15) is 14.3 Å². The minimum absolute atomic E-state index is 0.0133. The minimum atomic E-state index is -1.05. The zero-order chi connectivity index (χ0) is 32.8. The van der Waals surface area contributed by atoms with Gasteiger partial charge in [-0.05, 0) is 61.4 Å². The summed E-state index contributed by atoms with van der Waals surface area (Å²) in [6.07, 6.45) is 1.78. The lowest BCUT2D eigenvalue weighted by atomic mass is 10.1. The summed E-state index contributed by atoms with van der Waals surface area (Å²) in [4.78, 5) is 20.9. The number of nitrogens with zero attached hydrogens (tertiary/aromatic N) is 6. The fourth-order valence-corrected chi connectivity index (χ4v) is 5.02. The highest BCUT2D eigenvalue weighted by Crippen LogP contribution is 2.26. The average Bonchev–Trinajstić information content (AvgIpc) is 3.66. The van der Waals surface area contributed by atoms with E-state index in [-0.39, 0.29) is 31.0 Å². The predicted molar refractivity (Wildman–Crippen MR) is 171 cm³/mol. The third-order valence-corrected chi connectivity index (χ3v) is 7.42. The summed E-state index contributed by atoms with van der Waals surface area (Å²) < 4.78 is 39.3. The number of ether oxygens (including phenoxy) is 1. The van der Waals surface area contributed by atoms with Gasteiger partial charge in [0.05, 0.1) is 28.8 Å². The number of carbonyl (C=O) groups is 1. The molecular formula is C35H34F2N6O3. The van der Waals surface area contributed by atoms with Gasteiger partial charge in [-0.25, -0.2) is 23.5 Å². The highest BCUT2D eigenvalue weighted by atomic mass is 19.1. The molecule has 0 aliphatic heterocycles. The lowest BCUT2D eigenvalue weighted by Crippen LogP contribution is -2.11. The Bertz CT molecular complexity index is 2000. The summed E-state index contributed by atoms with van der Waals surface area (Å²) in [6.45, 7) is 8.74. The van der Waals surface area contributed by atoms with Crippen molar-refractivity contribution in [3.05, 3.63) is 125 Å². The Labute approximate surface area is 265 Å². The first-order valence-corrected chi connectivity index (χ1v) is 15.0. The second-order valence-corrected chi connectivity index (χ2v) is 10.4. The quantitative estimate of drug-likeness (QED) is 0.171. The highest BCUT2D eigenvalue weighted by molar-refractivity contribution is 5.92. The topological polar surface area (TPSA) is 108 Å². The number of imidazole rings is 1. The number of hydrogen-bond donors (Lipinski definition) is 1. The van der Waals surface area contributed by atoms with Gasteiger partial charge in [0, 0.05) is 30.2 Å². The van der Waals surface area contributed by atoms with Crippen molar-refractivity contribution in [3.8, 4) is 17.1 Å². The molecule has 0 fully saturated rings. The Hall–Kier alpha value is -5.45. The Morgan fingerprint density at radius 3 is 2.43 bits per heavy atom. The number of carboxylic acid groups (broad SMARTS) is 1. The molecule has 3 heterocycles. The van der Waals surface area contributed by atoms with E-state index >= 15 is 4.39 Å². The summed E-state index contributed by atoms with van der Waals surface area (Å²) >= 11 is 0. The first-order chi connectivity index (χ1) is 22.3. The van der Waals surface area contributed by atoms with Gasteiger partial charge in [0.25, 0.3) is 0 Å². The molecule has 6 aromatic rings. The van der Waals surface area contributed by atoms with Crippen molar-refractivity contribution in [1.29, 1.82) is 0 Å². The van der Waals surface area contributed by atoms with Crippen LogP contribution in [-0.2, 0) is 26.1 Å². The van der Waals surface area contributed by atoms with Crippen molar-refractivity contribution in [2.24, 2.45) is 0 Å². The van der Waals surface area contributed by atoms with Crippen LogP contribution in [0.25, 0.3) is 22.3 Å². The van der Waals surface area contributed by atoms with E-state index in [2.05, 4.69) is 15.2 Å². The molecule has 46 heavy (non-hydrogen) atoms. The van der Waals surface area contributed by atoms with Crippen LogP contribution in [0.15, 0.2) is 79.1 Å². The number of rotatable bonds is 10. The molecule has 0 saturated heterocycles. The number of hydrogen-bond acceptors (Lipinski definition) is 6.